The zero-order valence-electron chi connectivity index (χ0n) is 22.0. The Kier molecular flexibility index (Phi) is 6.37. The molecular formula is C31H29ClN6O. The van der Waals surface area contributed by atoms with Gasteiger partial charge in [0.2, 0.25) is 0 Å². The van der Waals surface area contributed by atoms with Crippen molar-refractivity contribution in [3.63, 3.8) is 0 Å². The highest BCUT2D eigenvalue weighted by Gasteiger charge is 2.36. The standard InChI is InChI=1S/C31H29ClN6O/c1-21-25-20-37(31(39)33-27-13-8-7-12-26(27)32)29(22-15-17-23(18-16-22)35(2)3)28-14-9-19-36(28)30(25)38(34-21)24-10-5-4-6-11-24/h4-19,29H,20H2,1-3H3,(H,33,39). The predicted molar refractivity (Wildman–Crippen MR) is 156 cm³/mol. The molecule has 3 heterocycles. The molecule has 1 N–H and O–H groups in total. The molecule has 0 saturated carbocycles. The summed E-state index contributed by atoms with van der Waals surface area (Å²) >= 11 is 6.43. The van der Waals surface area contributed by atoms with Crippen molar-refractivity contribution in [1.82, 2.24) is 19.2 Å². The first-order valence-corrected chi connectivity index (χ1v) is 13.2. The highest BCUT2D eigenvalue weighted by Crippen LogP contribution is 2.39. The summed E-state index contributed by atoms with van der Waals surface area (Å²) in [5, 5.41) is 8.46. The van der Waals surface area contributed by atoms with Gasteiger partial charge in [-0.25, -0.2) is 9.48 Å². The number of amides is 2. The molecule has 0 bridgehead atoms. The fourth-order valence-electron chi connectivity index (χ4n) is 5.20. The van der Waals surface area contributed by atoms with Gasteiger partial charge < -0.3 is 19.7 Å². The Morgan fingerprint density at radius 2 is 1.67 bits per heavy atom. The van der Waals surface area contributed by atoms with E-state index in [0.717, 1.165) is 39.7 Å². The molecular weight excluding hydrogens is 508 g/mol. The van der Waals surface area contributed by atoms with Crippen molar-refractivity contribution in [2.24, 2.45) is 0 Å². The lowest BCUT2D eigenvalue weighted by Crippen LogP contribution is -2.38. The highest BCUT2D eigenvalue weighted by molar-refractivity contribution is 6.33. The number of fused-ring (bicyclic) bond motifs is 3. The van der Waals surface area contributed by atoms with Gasteiger partial charge in [-0.1, -0.05) is 54.1 Å². The fraction of sp³-hybridized carbons (Fsp3) is 0.161. The van der Waals surface area contributed by atoms with E-state index in [0.29, 0.717) is 17.3 Å². The molecule has 0 spiro atoms. The van der Waals surface area contributed by atoms with Crippen LogP contribution < -0.4 is 10.2 Å². The quantitative estimate of drug-likeness (QED) is 0.274. The molecule has 5 aromatic rings. The minimum Gasteiger partial charge on any atom is -0.378 e. The molecule has 196 valence electrons. The van der Waals surface area contributed by atoms with Crippen molar-refractivity contribution < 1.29 is 4.79 Å². The van der Waals surface area contributed by atoms with Crippen molar-refractivity contribution in [3.8, 4) is 11.5 Å². The number of anilines is 2. The van der Waals surface area contributed by atoms with Crippen molar-refractivity contribution in [3.05, 3.63) is 125 Å². The van der Waals surface area contributed by atoms with Crippen molar-refractivity contribution in [2.45, 2.75) is 19.5 Å². The number of nitrogens with zero attached hydrogens (tertiary/aromatic N) is 5. The first-order chi connectivity index (χ1) is 18.9. The van der Waals surface area contributed by atoms with Gasteiger partial charge in [0.1, 0.15) is 5.82 Å². The highest BCUT2D eigenvalue weighted by atomic mass is 35.5. The smallest absolute Gasteiger partial charge is 0.323 e. The molecule has 0 fully saturated rings. The maximum atomic E-state index is 14.1. The molecule has 1 unspecified atom stereocenters. The van der Waals surface area contributed by atoms with Crippen LogP contribution in [-0.4, -0.2) is 39.4 Å². The SMILES string of the molecule is Cc1nn(-c2ccccc2)c2c1CN(C(=O)Nc1ccccc1Cl)C(c1ccc(N(C)C)cc1)c1cccn1-2. The van der Waals surface area contributed by atoms with E-state index >= 15 is 0 Å². The van der Waals surface area contributed by atoms with Gasteiger partial charge in [0.25, 0.3) is 0 Å². The summed E-state index contributed by atoms with van der Waals surface area (Å²) in [5.41, 5.74) is 6.46. The number of aryl methyl sites for hydroxylation is 1. The van der Waals surface area contributed by atoms with E-state index in [1.807, 2.05) is 91.4 Å². The molecule has 3 aromatic carbocycles. The number of hydrogen-bond donors (Lipinski definition) is 1. The Labute approximate surface area is 232 Å². The van der Waals surface area contributed by atoms with Crippen molar-refractivity contribution in [1.29, 1.82) is 0 Å². The minimum absolute atomic E-state index is 0.239. The van der Waals surface area contributed by atoms with Gasteiger partial charge in [-0.15, -0.1) is 0 Å². The number of carbonyl (C=O) groups is 1. The normalized spacial score (nSPS) is 14.4. The van der Waals surface area contributed by atoms with Crippen molar-refractivity contribution >= 4 is 29.0 Å². The summed E-state index contributed by atoms with van der Waals surface area (Å²) in [6, 6.07) is 29.2. The van der Waals surface area contributed by atoms with Crippen LogP contribution in [0, 0.1) is 6.92 Å². The minimum atomic E-state index is -0.352. The van der Waals surface area contributed by atoms with Crippen LogP contribution in [0.5, 0.6) is 0 Å². The Morgan fingerprint density at radius 3 is 2.38 bits per heavy atom. The number of benzene rings is 3. The lowest BCUT2D eigenvalue weighted by atomic mass is 10.0. The summed E-state index contributed by atoms with van der Waals surface area (Å²) in [7, 11) is 4.04. The number of carbonyl (C=O) groups excluding carboxylic acids is 1. The second-order valence-electron chi connectivity index (χ2n) is 9.86. The van der Waals surface area contributed by atoms with Crippen LogP contribution in [0.3, 0.4) is 0 Å². The Balaban J connectivity index is 1.53. The number of rotatable bonds is 4. The van der Waals surface area contributed by atoms with Gasteiger partial charge >= 0.3 is 6.03 Å². The molecule has 8 heteroatoms. The molecule has 0 aliphatic carbocycles. The van der Waals surface area contributed by atoms with Gasteiger partial charge in [-0.2, -0.15) is 5.10 Å². The van der Waals surface area contributed by atoms with Crippen LogP contribution in [0.15, 0.2) is 97.2 Å². The lowest BCUT2D eigenvalue weighted by molar-refractivity contribution is 0.194. The van der Waals surface area contributed by atoms with E-state index < -0.39 is 0 Å². The van der Waals surface area contributed by atoms with E-state index in [2.05, 4.69) is 45.1 Å². The monoisotopic (exact) mass is 536 g/mol. The average Bonchev–Trinajstić information content (AvgIpc) is 3.51. The predicted octanol–water partition coefficient (Wildman–Crippen LogP) is 6.83. The van der Waals surface area contributed by atoms with Gasteiger partial charge in [0.15, 0.2) is 0 Å². The first kappa shape index (κ1) is 24.8. The van der Waals surface area contributed by atoms with Crippen LogP contribution in [0.4, 0.5) is 16.2 Å². The number of halogens is 1. The fourth-order valence-corrected chi connectivity index (χ4v) is 5.39. The van der Waals surface area contributed by atoms with E-state index in [9.17, 15) is 4.79 Å². The van der Waals surface area contributed by atoms with Crippen LogP contribution in [0.25, 0.3) is 11.5 Å². The zero-order chi connectivity index (χ0) is 27.1. The maximum Gasteiger partial charge on any atom is 0.323 e. The number of nitrogens with one attached hydrogen (secondary N) is 1. The third kappa shape index (κ3) is 4.45. The summed E-state index contributed by atoms with van der Waals surface area (Å²) in [4.78, 5) is 18.0. The molecule has 2 aromatic heterocycles. The van der Waals surface area contributed by atoms with Crippen molar-refractivity contribution in [2.75, 3.05) is 24.3 Å². The average molecular weight is 537 g/mol. The molecule has 1 aliphatic rings. The molecule has 1 atom stereocenters. The molecule has 7 nitrogen and oxygen atoms in total. The molecule has 2 amide bonds. The lowest BCUT2D eigenvalue weighted by Gasteiger charge is -2.31. The third-order valence-corrected chi connectivity index (χ3v) is 7.52. The summed E-state index contributed by atoms with van der Waals surface area (Å²) in [6.45, 7) is 2.36. The molecule has 6 rings (SSSR count). The second kappa shape index (κ2) is 10.0. The van der Waals surface area contributed by atoms with Gasteiger partial charge in [0.05, 0.1) is 40.4 Å². The van der Waals surface area contributed by atoms with Crippen LogP contribution in [0.2, 0.25) is 5.02 Å². The van der Waals surface area contributed by atoms with Crippen LogP contribution in [0.1, 0.15) is 28.6 Å². The van der Waals surface area contributed by atoms with Crippen LogP contribution in [-0.2, 0) is 6.54 Å². The third-order valence-electron chi connectivity index (χ3n) is 7.19. The topological polar surface area (TPSA) is 58.3 Å². The molecule has 0 saturated heterocycles. The van der Waals surface area contributed by atoms with E-state index in [1.165, 1.54) is 0 Å². The summed E-state index contributed by atoms with van der Waals surface area (Å²) in [5.74, 6) is 0.932. The van der Waals surface area contributed by atoms with E-state index in [1.54, 1.807) is 6.07 Å². The Bertz CT molecular complexity index is 1640. The Morgan fingerprint density at radius 1 is 0.949 bits per heavy atom. The van der Waals surface area contributed by atoms with Crippen LogP contribution >= 0.6 is 11.6 Å². The number of aromatic nitrogens is 3. The first-order valence-electron chi connectivity index (χ1n) is 12.8. The summed E-state index contributed by atoms with van der Waals surface area (Å²) < 4.78 is 4.13. The second-order valence-corrected chi connectivity index (χ2v) is 10.3. The largest absolute Gasteiger partial charge is 0.378 e. The molecule has 39 heavy (non-hydrogen) atoms. The van der Waals surface area contributed by atoms with Gasteiger partial charge in [0, 0.05) is 31.5 Å². The zero-order valence-corrected chi connectivity index (χ0v) is 22.8. The molecule has 0 radical (unpaired) electrons. The van der Waals surface area contributed by atoms with Gasteiger partial charge in [-0.3, -0.25) is 0 Å². The summed E-state index contributed by atoms with van der Waals surface area (Å²) in [6.07, 6.45) is 2.05. The maximum absolute atomic E-state index is 14.1. The Hall–Kier alpha value is -4.49. The van der Waals surface area contributed by atoms with Gasteiger partial charge in [-0.05, 0) is 61.0 Å². The number of para-hydroxylation sites is 2. The van der Waals surface area contributed by atoms with E-state index in [-0.39, 0.29) is 12.1 Å². The van der Waals surface area contributed by atoms with E-state index in [4.69, 9.17) is 16.7 Å². The number of urea groups is 1. The number of hydrogen-bond acceptors (Lipinski definition) is 3. The molecule has 1 aliphatic heterocycles.